The monoisotopic (exact) mass is 451 g/mol. The molecule has 0 heterocycles. The van der Waals surface area contributed by atoms with Crippen molar-refractivity contribution in [1.82, 2.24) is 10.2 Å². The van der Waals surface area contributed by atoms with E-state index in [1.807, 2.05) is 37.2 Å². The fraction of sp³-hybridized carbons (Fsp3) is 0.381. The molecule has 168 valence electrons. The molecule has 0 radical (unpaired) electrons. The molecule has 0 fully saturated rings. The van der Waals surface area contributed by atoms with E-state index in [1.165, 1.54) is 26.4 Å². The van der Waals surface area contributed by atoms with E-state index in [1.54, 1.807) is 6.07 Å². The molecular weight excluding hydrogens is 426 g/mol. The van der Waals surface area contributed by atoms with Crippen molar-refractivity contribution in [2.45, 2.75) is 6.04 Å². The summed E-state index contributed by atoms with van der Waals surface area (Å²) in [7, 11) is 6.63. The minimum absolute atomic E-state index is 0.127. The van der Waals surface area contributed by atoms with Crippen molar-refractivity contribution in [3.05, 3.63) is 62.7 Å². The van der Waals surface area contributed by atoms with Crippen LogP contribution in [-0.4, -0.2) is 63.8 Å². The van der Waals surface area contributed by atoms with Crippen molar-refractivity contribution in [3.8, 4) is 11.5 Å². The minimum atomic E-state index is -0.630. The van der Waals surface area contributed by atoms with Gasteiger partial charge in [-0.15, -0.1) is 0 Å². The summed E-state index contributed by atoms with van der Waals surface area (Å²) in [6.07, 6.45) is 0. The van der Waals surface area contributed by atoms with E-state index in [0.29, 0.717) is 11.6 Å². The Kier molecular flexibility index (Phi) is 9.04. The normalized spacial score (nSPS) is 11.8. The average Bonchev–Trinajstić information content (AvgIpc) is 2.74. The van der Waals surface area contributed by atoms with Crippen LogP contribution in [0.25, 0.3) is 0 Å². The third-order valence-electron chi connectivity index (χ3n) is 4.61. The molecule has 0 aliphatic heterocycles. The van der Waals surface area contributed by atoms with E-state index in [-0.39, 0.29) is 41.9 Å². The topological polar surface area (TPSA) is 103 Å². The summed E-state index contributed by atoms with van der Waals surface area (Å²) < 4.78 is 15.7. The zero-order valence-corrected chi connectivity index (χ0v) is 18.6. The molecule has 2 rings (SSSR count). The first kappa shape index (κ1) is 24.4. The van der Waals surface area contributed by atoms with Crippen molar-refractivity contribution in [1.29, 1.82) is 0 Å². The Morgan fingerprint density at radius 3 is 2.48 bits per heavy atom. The van der Waals surface area contributed by atoms with E-state index >= 15 is 0 Å². The molecule has 1 amide bonds. The molecule has 0 aromatic heterocycles. The van der Waals surface area contributed by atoms with Crippen LogP contribution in [0.3, 0.4) is 0 Å². The Morgan fingerprint density at radius 2 is 1.90 bits per heavy atom. The molecule has 1 unspecified atom stereocenters. The van der Waals surface area contributed by atoms with Gasteiger partial charge in [-0.25, -0.2) is 0 Å². The zero-order chi connectivity index (χ0) is 23.0. The lowest BCUT2D eigenvalue weighted by Gasteiger charge is -2.26. The van der Waals surface area contributed by atoms with Gasteiger partial charge >= 0.3 is 0 Å². The van der Waals surface area contributed by atoms with E-state index < -0.39 is 10.8 Å². The predicted molar refractivity (Wildman–Crippen MR) is 117 cm³/mol. The summed E-state index contributed by atoms with van der Waals surface area (Å²) in [5.74, 6) is -0.237. The van der Waals surface area contributed by atoms with Crippen molar-refractivity contribution in [3.63, 3.8) is 0 Å². The summed E-state index contributed by atoms with van der Waals surface area (Å²) in [5, 5.41) is 14.9. The Morgan fingerprint density at radius 1 is 1.19 bits per heavy atom. The van der Waals surface area contributed by atoms with Crippen LogP contribution >= 0.6 is 11.6 Å². The molecule has 0 saturated heterocycles. The van der Waals surface area contributed by atoms with Crippen LogP contribution in [-0.2, 0) is 4.74 Å². The van der Waals surface area contributed by atoms with Crippen LogP contribution in [0.1, 0.15) is 22.0 Å². The highest BCUT2D eigenvalue weighted by molar-refractivity contribution is 6.31. The SMILES string of the molecule is COCCOc1cc([N+](=O)[O-])c(C(=O)NCC(c2ccccc2Cl)N(C)C)cc1OC. The molecular formula is C21H26ClN3O6. The van der Waals surface area contributed by atoms with Gasteiger partial charge in [-0.2, -0.15) is 0 Å². The van der Waals surface area contributed by atoms with Gasteiger partial charge in [0, 0.05) is 24.7 Å². The summed E-state index contributed by atoms with van der Waals surface area (Å²) >= 11 is 6.30. The van der Waals surface area contributed by atoms with Crippen molar-refractivity contribution in [2.75, 3.05) is 48.1 Å². The standard InChI is InChI=1S/C21H26ClN3O6/c1-24(2)18(14-7-5-6-8-16(14)22)13-23-21(26)15-11-19(30-4)20(31-10-9-29-3)12-17(15)25(27)28/h5-8,11-12,18H,9-10,13H2,1-4H3,(H,23,26). The second kappa shape index (κ2) is 11.5. The number of methoxy groups -OCH3 is 2. The van der Waals surface area contributed by atoms with Crippen LogP contribution in [0.2, 0.25) is 5.02 Å². The number of carbonyl (C=O) groups excluding carboxylic acids is 1. The fourth-order valence-electron chi connectivity index (χ4n) is 2.99. The van der Waals surface area contributed by atoms with Gasteiger partial charge in [0.15, 0.2) is 11.5 Å². The third-order valence-corrected chi connectivity index (χ3v) is 4.96. The smallest absolute Gasteiger partial charge is 0.286 e. The number of rotatable bonds is 11. The number of nitrogens with one attached hydrogen (secondary N) is 1. The number of benzene rings is 2. The summed E-state index contributed by atoms with van der Waals surface area (Å²) in [6.45, 7) is 0.673. The zero-order valence-electron chi connectivity index (χ0n) is 17.9. The molecule has 2 aromatic rings. The van der Waals surface area contributed by atoms with E-state index in [4.69, 9.17) is 25.8 Å². The quantitative estimate of drug-likeness (QED) is 0.317. The predicted octanol–water partition coefficient (Wildman–Crippen LogP) is 3.31. The van der Waals surface area contributed by atoms with Gasteiger partial charge in [0.1, 0.15) is 12.2 Å². The molecule has 9 nitrogen and oxygen atoms in total. The summed E-state index contributed by atoms with van der Waals surface area (Å²) in [4.78, 5) is 25.7. The maximum absolute atomic E-state index is 12.9. The van der Waals surface area contributed by atoms with Crippen LogP contribution in [0, 0.1) is 10.1 Å². The second-order valence-corrected chi connectivity index (χ2v) is 7.24. The van der Waals surface area contributed by atoms with Gasteiger partial charge in [0.2, 0.25) is 0 Å². The number of nitro benzene ring substituents is 1. The number of ether oxygens (including phenoxy) is 3. The van der Waals surface area contributed by atoms with Gasteiger partial charge in [-0.1, -0.05) is 29.8 Å². The Bertz CT molecular complexity index is 922. The van der Waals surface area contributed by atoms with Gasteiger partial charge in [0.05, 0.1) is 30.7 Å². The first-order valence-corrected chi connectivity index (χ1v) is 9.85. The van der Waals surface area contributed by atoms with E-state index in [0.717, 1.165) is 5.56 Å². The molecule has 10 heteroatoms. The maximum atomic E-state index is 12.9. The number of hydrogen-bond donors (Lipinski definition) is 1. The molecule has 1 N–H and O–H groups in total. The van der Waals surface area contributed by atoms with Crippen molar-refractivity contribution >= 4 is 23.2 Å². The average molecular weight is 452 g/mol. The first-order valence-electron chi connectivity index (χ1n) is 9.47. The molecule has 0 saturated carbocycles. The van der Waals surface area contributed by atoms with Crippen LogP contribution in [0.15, 0.2) is 36.4 Å². The van der Waals surface area contributed by atoms with Crippen molar-refractivity contribution < 1.29 is 23.9 Å². The van der Waals surface area contributed by atoms with Gasteiger partial charge in [0.25, 0.3) is 11.6 Å². The lowest BCUT2D eigenvalue weighted by Crippen LogP contribution is -2.35. The fourth-order valence-corrected chi connectivity index (χ4v) is 3.25. The molecule has 31 heavy (non-hydrogen) atoms. The Hall–Kier alpha value is -2.88. The molecule has 0 spiro atoms. The first-order chi connectivity index (χ1) is 14.8. The molecule has 2 aromatic carbocycles. The lowest BCUT2D eigenvalue weighted by atomic mass is 10.1. The second-order valence-electron chi connectivity index (χ2n) is 6.83. The maximum Gasteiger partial charge on any atom is 0.286 e. The highest BCUT2D eigenvalue weighted by Gasteiger charge is 2.26. The van der Waals surface area contributed by atoms with E-state index in [2.05, 4.69) is 5.32 Å². The lowest BCUT2D eigenvalue weighted by molar-refractivity contribution is -0.385. The molecule has 0 aliphatic carbocycles. The number of carbonyl (C=O) groups is 1. The number of nitrogens with zero attached hydrogens (tertiary/aromatic N) is 2. The number of likely N-dealkylation sites (N-methyl/N-ethyl adjacent to an activating group) is 1. The van der Waals surface area contributed by atoms with Crippen LogP contribution < -0.4 is 14.8 Å². The van der Waals surface area contributed by atoms with Crippen LogP contribution in [0.5, 0.6) is 11.5 Å². The highest BCUT2D eigenvalue weighted by Crippen LogP contribution is 2.35. The highest BCUT2D eigenvalue weighted by atomic mass is 35.5. The molecule has 0 bridgehead atoms. The van der Waals surface area contributed by atoms with E-state index in [9.17, 15) is 14.9 Å². The Balaban J connectivity index is 2.28. The largest absolute Gasteiger partial charge is 0.493 e. The number of hydrogen-bond acceptors (Lipinski definition) is 7. The Labute approximate surface area is 186 Å². The molecule has 1 atom stereocenters. The minimum Gasteiger partial charge on any atom is -0.493 e. The van der Waals surface area contributed by atoms with Gasteiger partial charge in [-0.3, -0.25) is 14.9 Å². The number of nitro groups is 1. The molecule has 0 aliphatic rings. The van der Waals surface area contributed by atoms with Gasteiger partial charge in [-0.05, 0) is 25.7 Å². The van der Waals surface area contributed by atoms with Gasteiger partial charge < -0.3 is 24.4 Å². The van der Waals surface area contributed by atoms with Crippen LogP contribution in [0.4, 0.5) is 5.69 Å². The number of amides is 1. The van der Waals surface area contributed by atoms with Crippen molar-refractivity contribution in [2.24, 2.45) is 0 Å². The summed E-state index contributed by atoms with van der Waals surface area (Å²) in [5.41, 5.74) is 0.325. The third kappa shape index (κ3) is 6.30. The summed E-state index contributed by atoms with van der Waals surface area (Å²) in [6, 6.07) is 9.58. The number of halogens is 1.